The molecule has 4 N–H and O–H groups in total. The summed E-state index contributed by atoms with van der Waals surface area (Å²) in [6.45, 7) is 5.22. The minimum atomic E-state index is -0.497. The number of hydrogen-bond acceptors (Lipinski definition) is 8. The zero-order valence-electron chi connectivity index (χ0n) is 20.8. The van der Waals surface area contributed by atoms with E-state index in [-0.39, 0.29) is 58.0 Å². The van der Waals surface area contributed by atoms with E-state index in [1.807, 2.05) is 0 Å². The Morgan fingerprint density at radius 3 is 1.19 bits per heavy atom. The van der Waals surface area contributed by atoms with Gasteiger partial charge in [0.1, 0.15) is 0 Å². The van der Waals surface area contributed by atoms with Crippen molar-refractivity contribution in [3.8, 4) is 0 Å². The van der Waals surface area contributed by atoms with Crippen LogP contribution in [-0.4, -0.2) is 34.9 Å². The quantitative estimate of drug-likeness (QED) is 0.158. The Bertz CT molecular complexity index is 1140. The maximum absolute atomic E-state index is 12.6. The van der Waals surface area contributed by atoms with Gasteiger partial charge in [0.25, 0.3) is 0 Å². The number of nitrogens with two attached hydrogens (primary N) is 2. The van der Waals surface area contributed by atoms with Crippen molar-refractivity contribution in [2.45, 2.75) is 53.4 Å². The smallest absolute Gasteiger partial charge is 0.241 e. The summed E-state index contributed by atoms with van der Waals surface area (Å²) >= 11 is 0. The molecule has 190 valence electrons. The molecule has 0 aliphatic rings. The lowest BCUT2D eigenvalue weighted by Crippen LogP contribution is -2.39. The van der Waals surface area contributed by atoms with Gasteiger partial charge in [-0.05, 0) is 52.7 Å². The maximum atomic E-state index is 12.6. The van der Waals surface area contributed by atoms with Gasteiger partial charge >= 0.3 is 0 Å². The Kier molecular flexibility index (Phi) is 9.48. The van der Waals surface area contributed by atoms with Gasteiger partial charge < -0.3 is 0 Å². The van der Waals surface area contributed by atoms with Crippen molar-refractivity contribution in [2.75, 3.05) is 10.0 Å². The molecule has 0 heterocycles. The highest BCUT2D eigenvalue weighted by atomic mass is 16.2. The third-order valence-electron chi connectivity index (χ3n) is 5.64. The normalized spacial score (nSPS) is 10.5. The molecule has 2 rings (SSSR count). The minimum Gasteiger partial charge on any atom is -0.294 e. The molecular formula is C26H30N4O6. The third-order valence-corrected chi connectivity index (χ3v) is 5.64. The summed E-state index contributed by atoms with van der Waals surface area (Å²) < 4.78 is 0. The van der Waals surface area contributed by atoms with E-state index in [1.54, 1.807) is 0 Å². The molecule has 0 saturated heterocycles. The highest BCUT2D eigenvalue weighted by molar-refractivity contribution is 6.13. The molecule has 0 saturated carbocycles. The fraction of sp³-hybridized carbons (Fsp3) is 0.308. The number of hydrogen-bond donors (Lipinski definition) is 2. The lowest BCUT2D eigenvalue weighted by Gasteiger charge is -2.21. The minimum absolute atomic E-state index is 0.0193. The van der Waals surface area contributed by atoms with E-state index in [0.29, 0.717) is 12.8 Å². The van der Waals surface area contributed by atoms with Crippen LogP contribution in [0, 0.1) is 0 Å². The van der Waals surface area contributed by atoms with Crippen LogP contribution in [-0.2, 0) is 9.59 Å². The number of nitrogens with zero attached hydrogens (tertiary/aromatic N) is 2. The van der Waals surface area contributed by atoms with Crippen LogP contribution in [0.1, 0.15) is 94.8 Å². The molecule has 0 bridgehead atoms. The van der Waals surface area contributed by atoms with E-state index < -0.39 is 23.4 Å². The molecule has 10 nitrogen and oxygen atoms in total. The summed E-state index contributed by atoms with van der Waals surface area (Å²) in [7, 11) is 0. The standard InChI is InChI=1S/C26H30N4O6/c1-15(31)19-9-7-11-21(25(19)17(3)33)29(27)23(35)13-5-6-14-24(36)30(28)22-12-8-10-20(16(2)32)26(22)18(4)34/h7-12H,5-6,13-14,27-28H2,1-4H3. The van der Waals surface area contributed by atoms with Crippen LogP contribution >= 0.6 is 0 Å². The Labute approximate surface area is 209 Å². The molecule has 0 aliphatic carbocycles. The van der Waals surface area contributed by atoms with Gasteiger partial charge in [0.15, 0.2) is 23.1 Å². The second-order valence-corrected chi connectivity index (χ2v) is 8.36. The van der Waals surface area contributed by atoms with Gasteiger partial charge in [-0.2, -0.15) is 0 Å². The van der Waals surface area contributed by atoms with Crippen LogP contribution in [0.5, 0.6) is 0 Å². The third kappa shape index (κ3) is 6.35. The first kappa shape index (κ1) is 28.2. The molecule has 0 aliphatic heterocycles. The van der Waals surface area contributed by atoms with Crippen molar-refractivity contribution in [3.63, 3.8) is 0 Å². The molecule has 0 radical (unpaired) electrons. The average Bonchev–Trinajstić information content (AvgIpc) is 2.83. The second kappa shape index (κ2) is 12.1. The number of carbonyl (C=O) groups is 6. The summed E-state index contributed by atoms with van der Waals surface area (Å²) in [5.41, 5.74) is 0.761. The maximum Gasteiger partial charge on any atom is 0.241 e. The number of anilines is 2. The van der Waals surface area contributed by atoms with E-state index in [0.717, 1.165) is 10.0 Å². The molecular weight excluding hydrogens is 464 g/mol. The first-order chi connectivity index (χ1) is 16.9. The predicted molar refractivity (Wildman–Crippen MR) is 135 cm³/mol. The van der Waals surface area contributed by atoms with Crippen LogP contribution in [0.25, 0.3) is 0 Å². The molecule has 2 amide bonds. The van der Waals surface area contributed by atoms with Crippen molar-refractivity contribution in [1.82, 2.24) is 0 Å². The number of rotatable bonds is 11. The van der Waals surface area contributed by atoms with Crippen molar-refractivity contribution in [2.24, 2.45) is 11.7 Å². The van der Waals surface area contributed by atoms with Gasteiger partial charge in [-0.3, -0.25) is 28.8 Å². The van der Waals surface area contributed by atoms with E-state index in [9.17, 15) is 28.8 Å². The largest absolute Gasteiger partial charge is 0.294 e. The SMILES string of the molecule is CC(=O)c1cccc(N(N)C(=O)CCCCC(=O)N(N)c2cccc(C(C)=O)c2C(C)=O)c1C(C)=O. The summed E-state index contributed by atoms with van der Waals surface area (Å²) in [6.07, 6.45) is 0.547. The summed E-state index contributed by atoms with van der Waals surface area (Å²) in [4.78, 5) is 73.3. The number of unbranched alkanes of at least 4 members (excludes halogenated alkanes) is 1. The number of Topliss-reactive ketones (excluding diaryl/α,β-unsaturated/α-hetero) is 4. The zero-order chi connectivity index (χ0) is 27.2. The summed E-state index contributed by atoms with van der Waals surface area (Å²) in [6, 6.07) is 9.04. The number of ketones is 4. The molecule has 2 aromatic rings. The van der Waals surface area contributed by atoms with E-state index in [2.05, 4.69) is 0 Å². The van der Waals surface area contributed by atoms with Gasteiger partial charge in [-0.1, -0.05) is 24.3 Å². The predicted octanol–water partition coefficient (Wildman–Crippen LogP) is 3.17. The van der Waals surface area contributed by atoms with Crippen LogP contribution < -0.4 is 21.7 Å². The first-order valence-electron chi connectivity index (χ1n) is 11.3. The molecule has 0 unspecified atom stereocenters. The van der Waals surface area contributed by atoms with Gasteiger partial charge in [-0.25, -0.2) is 21.7 Å². The van der Waals surface area contributed by atoms with Gasteiger partial charge in [0, 0.05) is 24.0 Å². The van der Waals surface area contributed by atoms with Gasteiger partial charge in [-0.15, -0.1) is 0 Å². The first-order valence-corrected chi connectivity index (χ1v) is 11.3. The lowest BCUT2D eigenvalue weighted by atomic mass is 9.98. The Hall–Kier alpha value is -4.02. The Morgan fingerprint density at radius 1 is 0.583 bits per heavy atom. The Balaban J connectivity index is 2.05. The van der Waals surface area contributed by atoms with Crippen LogP contribution in [0.4, 0.5) is 11.4 Å². The van der Waals surface area contributed by atoms with Crippen LogP contribution in [0.2, 0.25) is 0 Å². The molecule has 0 spiro atoms. The molecule has 0 atom stereocenters. The monoisotopic (exact) mass is 494 g/mol. The van der Waals surface area contributed by atoms with Gasteiger partial charge in [0.05, 0.1) is 22.5 Å². The van der Waals surface area contributed by atoms with E-state index >= 15 is 0 Å². The van der Waals surface area contributed by atoms with Gasteiger partial charge in [0.2, 0.25) is 11.8 Å². The Morgan fingerprint density at radius 2 is 0.917 bits per heavy atom. The summed E-state index contributed by atoms with van der Waals surface area (Å²) in [5.74, 6) is 9.49. The number of amides is 2. The summed E-state index contributed by atoms with van der Waals surface area (Å²) in [5, 5.41) is 1.68. The highest BCUT2D eigenvalue weighted by Gasteiger charge is 2.23. The average molecular weight is 495 g/mol. The fourth-order valence-electron chi connectivity index (χ4n) is 3.87. The zero-order valence-corrected chi connectivity index (χ0v) is 20.8. The number of carbonyl (C=O) groups excluding carboxylic acids is 6. The van der Waals surface area contributed by atoms with Crippen molar-refractivity contribution >= 4 is 46.3 Å². The van der Waals surface area contributed by atoms with E-state index in [1.165, 1.54) is 64.1 Å². The van der Waals surface area contributed by atoms with Crippen molar-refractivity contribution in [1.29, 1.82) is 0 Å². The van der Waals surface area contributed by atoms with Crippen LogP contribution in [0.3, 0.4) is 0 Å². The second-order valence-electron chi connectivity index (χ2n) is 8.36. The highest BCUT2D eigenvalue weighted by Crippen LogP contribution is 2.26. The van der Waals surface area contributed by atoms with E-state index in [4.69, 9.17) is 11.7 Å². The lowest BCUT2D eigenvalue weighted by molar-refractivity contribution is -0.120. The topological polar surface area (TPSA) is 161 Å². The number of hydrazine groups is 2. The fourth-order valence-corrected chi connectivity index (χ4v) is 3.87. The molecule has 0 fully saturated rings. The van der Waals surface area contributed by atoms with Crippen LogP contribution in [0.15, 0.2) is 36.4 Å². The van der Waals surface area contributed by atoms with Crippen molar-refractivity contribution < 1.29 is 28.8 Å². The van der Waals surface area contributed by atoms with Crippen molar-refractivity contribution in [3.05, 3.63) is 58.7 Å². The molecule has 2 aromatic carbocycles. The molecule has 0 aromatic heterocycles. The molecule has 10 heteroatoms. The number of benzene rings is 2. The molecule has 36 heavy (non-hydrogen) atoms.